The first-order valence-corrected chi connectivity index (χ1v) is 4.29. The van der Waals surface area contributed by atoms with Crippen LogP contribution in [0.15, 0.2) is 0 Å². The van der Waals surface area contributed by atoms with Gasteiger partial charge in [0.2, 0.25) is 5.91 Å². The molecule has 0 radical (unpaired) electrons. The molecular formula is C9H17NO2. The Morgan fingerprint density at radius 3 is 2.17 bits per heavy atom. The second-order valence-electron chi connectivity index (χ2n) is 3.13. The number of hydrogen-bond acceptors (Lipinski definition) is 2. The van der Waals surface area contributed by atoms with Gasteiger partial charge in [0.1, 0.15) is 0 Å². The van der Waals surface area contributed by atoms with Crippen LogP contribution in [0.25, 0.3) is 0 Å². The fraction of sp³-hybridized carbons (Fsp3) is 0.778. The van der Waals surface area contributed by atoms with Gasteiger partial charge < -0.3 is 5.32 Å². The summed E-state index contributed by atoms with van der Waals surface area (Å²) in [7, 11) is 0. The molecule has 3 heteroatoms. The number of carbonyl (C=O) groups excluding carboxylic acids is 2. The van der Waals surface area contributed by atoms with Crippen molar-refractivity contribution in [3.63, 3.8) is 0 Å². The normalized spacial score (nSPS) is 15.0. The summed E-state index contributed by atoms with van der Waals surface area (Å²) in [4.78, 5) is 22.0. The van der Waals surface area contributed by atoms with Gasteiger partial charge in [-0.3, -0.25) is 9.59 Å². The largest absolute Gasteiger partial charge is 0.347 e. The predicted molar refractivity (Wildman–Crippen MR) is 47.7 cm³/mol. The maximum atomic E-state index is 11.4. The van der Waals surface area contributed by atoms with Crippen molar-refractivity contribution in [2.24, 2.45) is 5.92 Å². The van der Waals surface area contributed by atoms with Gasteiger partial charge in [0.05, 0.1) is 6.04 Å². The first kappa shape index (κ1) is 11.1. The average Bonchev–Trinajstić information content (AvgIpc) is 2.00. The van der Waals surface area contributed by atoms with E-state index in [0.717, 1.165) is 6.42 Å². The number of ketones is 1. The molecule has 0 spiro atoms. The fourth-order valence-electron chi connectivity index (χ4n) is 1.00. The van der Waals surface area contributed by atoms with Gasteiger partial charge in [-0.15, -0.1) is 0 Å². The van der Waals surface area contributed by atoms with E-state index in [2.05, 4.69) is 5.32 Å². The van der Waals surface area contributed by atoms with Gasteiger partial charge in [0.15, 0.2) is 5.78 Å². The molecule has 1 amide bonds. The molecule has 0 bridgehead atoms. The lowest BCUT2D eigenvalue weighted by atomic mass is 9.98. The molecule has 0 saturated carbocycles. The summed E-state index contributed by atoms with van der Waals surface area (Å²) >= 11 is 0. The summed E-state index contributed by atoms with van der Waals surface area (Å²) < 4.78 is 0. The summed E-state index contributed by atoms with van der Waals surface area (Å²) in [6.45, 7) is 6.97. The molecule has 0 aromatic heterocycles. The standard InChI is InChI=1S/C9H17NO2/c1-5-6(2)9(12)7(3)10-8(4)11/h6-7H,5H2,1-4H3,(H,10,11)/t6?,7-/m0/s1. The molecule has 0 aliphatic carbocycles. The summed E-state index contributed by atoms with van der Waals surface area (Å²) in [5.41, 5.74) is 0. The Morgan fingerprint density at radius 2 is 1.83 bits per heavy atom. The van der Waals surface area contributed by atoms with Crippen molar-refractivity contribution in [2.45, 2.75) is 40.2 Å². The molecule has 70 valence electrons. The first-order valence-electron chi connectivity index (χ1n) is 4.29. The third kappa shape index (κ3) is 3.51. The molecule has 0 rings (SSSR count). The van der Waals surface area contributed by atoms with Crippen molar-refractivity contribution in [2.75, 3.05) is 0 Å². The summed E-state index contributed by atoms with van der Waals surface area (Å²) in [6, 6.07) is -0.350. The average molecular weight is 171 g/mol. The van der Waals surface area contributed by atoms with Crippen molar-refractivity contribution in [1.82, 2.24) is 5.32 Å². The predicted octanol–water partition coefficient (Wildman–Crippen LogP) is 1.13. The Labute approximate surface area is 73.5 Å². The van der Waals surface area contributed by atoms with Crippen LogP contribution in [0.2, 0.25) is 0 Å². The van der Waals surface area contributed by atoms with Gasteiger partial charge in [-0.05, 0) is 13.3 Å². The lowest BCUT2D eigenvalue weighted by Gasteiger charge is -2.14. The lowest BCUT2D eigenvalue weighted by molar-refractivity contribution is -0.128. The molecule has 0 aliphatic heterocycles. The van der Waals surface area contributed by atoms with Crippen molar-refractivity contribution in [3.8, 4) is 0 Å². The van der Waals surface area contributed by atoms with E-state index >= 15 is 0 Å². The van der Waals surface area contributed by atoms with Crippen molar-refractivity contribution in [1.29, 1.82) is 0 Å². The molecule has 1 N–H and O–H groups in total. The van der Waals surface area contributed by atoms with Gasteiger partial charge >= 0.3 is 0 Å². The van der Waals surface area contributed by atoms with Crippen molar-refractivity contribution >= 4 is 11.7 Å². The maximum Gasteiger partial charge on any atom is 0.217 e. The van der Waals surface area contributed by atoms with Gasteiger partial charge in [0.25, 0.3) is 0 Å². The Bertz CT molecular complexity index is 177. The zero-order valence-corrected chi connectivity index (χ0v) is 8.18. The first-order chi connectivity index (χ1) is 5.49. The van der Waals surface area contributed by atoms with Crippen LogP contribution >= 0.6 is 0 Å². The molecule has 0 aromatic rings. The van der Waals surface area contributed by atoms with E-state index in [4.69, 9.17) is 0 Å². The summed E-state index contributed by atoms with van der Waals surface area (Å²) in [5.74, 6) is -0.0151. The summed E-state index contributed by atoms with van der Waals surface area (Å²) in [6.07, 6.45) is 0.822. The number of hydrogen-bond donors (Lipinski definition) is 1. The molecule has 0 aliphatic rings. The van der Waals surface area contributed by atoms with E-state index in [-0.39, 0.29) is 23.7 Å². The van der Waals surface area contributed by atoms with Crippen LogP contribution in [0.4, 0.5) is 0 Å². The monoisotopic (exact) mass is 171 g/mol. The highest BCUT2D eigenvalue weighted by molar-refractivity contribution is 5.89. The van der Waals surface area contributed by atoms with Gasteiger partial charge in [-0.1, -0.05) is 13.8 Å². The zero-order chi connectivity index (χ0) is 9.72. The van der Waals surface area contributed by atoms with Crippen LogP contribution in [-0.2, 0) is 9.59 Å². The zero-order valence-electron chi connectivity index (χ0n) is 8.18. The summed E-state index contributed by atoms with van der Waals surface area (Å²) in [5, 5.41) is 2.57. The molecule has 2 atom stereocenters. The minimum atomic E-state index is -0.350. The fourth-order valence-corrected chi connectivity index (χ4v) is 1.00. The van der Waals surface area contributed by atoms with Crippen LogP contribution < -0.4 is 5.32 Å². The van der Waals surface area contributed by atoms with E-state index in [9.17, 15) is 9.59 Å². The van der Waals surface area contributed by atoms with E-state index in [1.165, 1.54) is 6.92 Å². The molecule has 12 heavy (non-hydrogen) atoms. The van der Waals surface area contributed by atoms with Crippen LogP contribution in [-0.4, -0.2) is 17.7 Å². The highest BCUT2D eigenvalue weighted by atomic mass is 16.2. The minimum Gasteiger partial charge on any atom is -0.347 e. The molecule has 3 nitrogen and oxygen atoms in total. The second-order valence-corrected chi connectivity index (χ2v) is 3.13. The molecule has 0 aromatic carbocycles. The maximum absolute atomic E-state index is 11.4. The Balaban J connectivity index is 4.01. The number of nitrogens with one attached hydrogen (secondary N) is 1. The van der Waals surface area contributed by atoms with E-state index < -0.39 is 0 Å². The molecule has 1 unspecified atom stereocenters. The van der Waals surface area contributed by atoms with Crippen LogP contribution in [0, 0.1) is 5.92 Å². The highest BCUT2D eigenvalue weighted by Crippen LogP contribution is 2.04. The van der Waals surface area contributed by atoms with E-state index in [1.54, 1.807) is 6.92 Å². The second kappa shape index (κ2) is 4.91. The molecule has 0 saturated heterocycles. The van der Waals surface area contributed by atoms with Gasteiger partial charge in [-0.25, -0.2) is 0 Å². The topological polar surface area (TPSA) is 46.2 Å². The molecule has 0 fully saturated rings. The quantitative estimate of drug-likeness (QED) is 0.689. The number of rotatable bonds is 4. The molecular weight excluding hydrogens is 154 g/mol. The molecule has 0 heterocycles. The van der Waals surface area contributed by atoms with Crippen molar-refractivity contribution in [3.05, 3.63) is 0 Å². The van der Waals surface area contributed by atoms with E-state index in [0.29, 0.717) is 0 Å². The Morgan fingerprint density at radius 1 is 1.33 bits per heavy atom. The highest BCUT2D eigenvalue weighted by Gasteiger charge is 2.18. The smallest absolute Gasteiger partial charge is 0.217 e. The SMILES string of the molecule is CCC(C)C(=O)[C@H](C)NC(C)=O. The number of Topliss-reactive ketones (excluding diaryl/α,β-unsaturated/α-hetero) is 1. The number of amides is 1. The third-order valence-corrected chi connectivity index (χ3v) is 1.94. The van der Waals surface area contributed by atoms with Crippen LogP contribution in [0.1, 0.15) is 34.1 Å². The third-order valence-electron chi connectivity index (χ3n) is 1.94. The minimum absolute atomic E-state index is 0.0341. The van der Waals surface area contributed by atoms with Gasteiger partial charge in [0, 0.05) is 12.8 Å². The van der Waals surface area contributed by atoms with E-state index in [1.807, 2.05) is 13.8 Å². The number of carbonyl (C=O) groups is 2. The Hall–Kier alpha value is -0.860. The lowest BCUT2D eigenvalue weighted by Crippen LogP contribution is -2.39. The van der Waals surface area contributed by atoms with Crippen LogP contribution in [0.3, 0.4) is 0 Å². The van der Waals surface area contributed by atoms with Crippen molar-refractivity contribution < 1.29 is 9.59 Å². The van der Waals surface area contributed by atoms with Gasteiger partial charge in [-0.2, -0.15) is 0 Å². The van der Waals surface area contributed by atoms with Crippen LogP contribution in [0.5, 0.6) is 0 Å². The Kier molecular flexibility index (Phi) is 4.55.